The summed E-state index contributed by atoms with van der Waals surface area (Å²) in [7, 11) is 0. The first-order valence-electron chi connectivity index (χ1n) is 5.04. The zero-order valence-electron chi connectivity index (χ0n) is 8.67. The zero-order valence-corrected chi connectivity index (χ0v) is 9.49. The van der Waals surface area contributed by atoms with Crippen LogP contribution in [0.3, 0.4) is 0 Å². The molecule has 2 nitrogen and oxygen atoms in total. The van der Waals surface area contributed by atoms with E-state index in [9.17, 15) is 4.79 Å². The summed E-state index contributed by atoms with van der Waals surface area (Å²) in [6, 6.07) is 0. The lowest BCUT2D eigenvalue weighted by Gasteiger charge is -2.01. The molecule has 0 radical (unpaired) electrons. The molecule has 0 aromatic carbocycles. The van der Waals surface area contributed by atoms with Crippen molar-refractivity contribution in [2.75, 3.05) is 18.1 Å². The van der Waals surface area contributed by atoms with Crippen molar-refractivity contribution in [3.05, 3.63) is 0 Å². The maximum absolute atomic E-state index is 10.9. The molecular weight excluding hydrogens is 184 g/mol. The summed E-state index contributed by atoms with van der Waals surface area (Å²) in [4.78, 5) is 10.9. The van der Waals surface area contributed by atoms with E-state index in [4.69, 9.17) is 4.74 Å². The normalized spacial score (nSPS) is 10.0. The highest BCUT2D eigenvalue weighted by molar-refractivity contribution is 7.99. The van der Waals surface area contributed by atoms with Gasteiger partial charge in [0.05, 0.1) is 12.4 Å². The second kappa shape index (κ2) is 9.90. The first-order chi connectivity index (χ1) is 6.31. The van der Waals surface area contributed by atoms with Crippen molar-refractivity contribution in [3.8, 4) is 0 Å². The summed E-state index contributed by atoms with van der Waals surface area (Å²) in [5, 5.41) is 0. The van der Waals surface area contributed by atoms with Crippen LogP contribution in [0.1, 0.15) is 39.5 Å². The van der Waals surface area contributed by atoms with Gasteiger partial charge >= 0.3 is 5.97 Å². The lowest BCUT2D eigenvalue weighted by Crippen LogP contribution is -2.06. The highest BCUT2D eigenvalue weighted by atomic mass is 32.2. The third-order valence-electron chi connectivity index (χ3n) is 1.67. The van der Waals surface area contributed by atoms with Crippen LogP contribution in [0.2, 0.25) is 0 Å². The van der Waals surface area contributed by atoms with Crippen molar-refractivity contribution >= 4 is 17.7 Å². The summed E-state index contributed by atoms with van der Waals surface area (Å²) in [6.45, 7) is 4.53. The predicted octanol–water partition coefficient (Wildman–Crippen LogP) is 2.86. The second-order valence-corrected chi connectivity index (χ2v) is 4.02. The van der Waals surface area contributed by atoms with E-state index in [0.717, 1.165) is 5.75 Å². The Labute approximate surface area is 85.4 Å². The minimum absolute atomic E-state index is 0.0806. The van der Waals surface area contributed by atoms with E-state index in [-0.39, 0.29) is 5.97 Å². The molecular formula is C10H20O2S. The van der Waals surface area contributed by atoms with Crippen LogP contribution in [-0.2, 0) is 9.53 Å². The monoisotopic (exact) mass is 204 g/mol. The summed E-state index contributed by atoms with van der Waals surface area (Å²) >= 11 is 1.68. The van der Waals surface area contributed by atoms with Crippen LogP contribution in [0.15, 0.2) is 0 Å². The molecule has 0 N–H and O–H groups in total. The Bertz CT molecular complexity index is 126. The minimum atomic E-state index is -0.0806. The maximum Gasteiger partial charge on any atom is 0.315 e. The first kappa shape index (κ1) is 12.8. The van der Waals surface area contributed by atoms with Crippen LogP contribution in [0.5, 0.6) is 0 Å². The third-order valence-corrected chi connectivity index (χ3v) is 2.68. The SMILES string of the molecule is CCCCCCSCC(=O)OCC. The lowest BCUT2D eigenvalue weighted by molar-refractivity contribution is -0.139. The van der Waals surface area contributed by atoms with Crippen molar-refractivity contribution < 1.29 is 9.53 Å². The Morgan fingerprint density at radius 1 is 1.23 bits per heavy atom. The van der Waals surface area contributed by atoms with Crippen molar-refractivity contribution in [1.29, 1.82) is 0 Å². The quantitative estimate of drug-likeness (QED) is 0.449. The molecule has 0 unspecified atom stereocenters. The van der Waals surface area contributed by atoms with Crippen LogP contribution >= 0.6 is 11.8 Å². The fourth-order valence-corrected chi connectivity index (χ4v) is 1.79. The summed E-state index contributed by atoms with van der Waals surface area (Å²) in [6.07, 6.45) is 5.08. The lowest BCUT2D eigenvalue weighted by atomic mass is 10.2. The summed E-state index contributed by atoms with van der Waals surface area (Å²) < 4.78 is 4.81. The molecule has 0 heterocycles. The largest absolute Gasteiger partial charge is 0.465 e. The number of ether oxygens (including phenoxy) is 1. The molecule has 0 aromatic rings. The Morgan fingerprint density at radius 2 is 2.00 bits per heavy atom. The van der Waals surface area contributed by atoms with E-state index in [1.165, 1.54) is 25.7 Å². The molecule has 0 aliphatic rings. The van der Waals surface area contributed by atoms with Gasteiger partial charge in [-0.25, -0.2) is 0 Å². The summed E-state index contributed by atoms with van der Waals surface area (Å²) in [5.41, 5.74) is 0. The molecule has 0 fully saturated rings. The van der Waals surface area contributed by atoms with Gasteiger partial charge in [0.1, 0.15) is 0 Å². The average Bonchev–Trinajstić information content (AvgIpc) is 2.11. The van der Waals surface area contributed by atoms with Crippen molar-refractivity contribution in [2.24, 2.45) is 0 Å². The van der Waals surface area contributed by atoms with Crippen LogP contribution in [0.25, 0.3) is 0 Å². The average molecular weight is 204 g/mol. The molecule has 3 heteroatoms. The van der Waals surface area contributed by atoms with Gasteiger partial charge in [-0.15, -0.1) is 0 Å². The Morgan fingerprint density at radius 3 is 2.62 bits per heavy atom. The highest BCUT2D eigenvalue weighted by Crippen LogP contribution is 2.07. The van der Waals surface area contributed by atoms with E-state index in [2.05, 4.69) is 6.92 Å². The second-order valence-electron chi connectivity index (χ2n) is 2.92. The molecule has 0 spiro atoms. The van der Waals surface area contributed by atoms with E-state index in [0.29, 0.717) is 12.4 Å². The molecule has 0 aliphatic heterocycles. The van der Waals surface area contributed by atoms with Gasteiger partial charge in [0.15, 0.2) is 0 Å². The van der Waals surface area contributed by atoms with E-state index >= 15 is 0 Å². The Hall–Kier alpha value is -0.180. The Balaban J connectivity index is 3.02. The van der Waals surface area contributed by atoms with Gasteiger partial charge in [0, 0.05) is 0 Å². The number of thioether (sulfide) groups is 1. The number of carbonyl (C=O) groups is 1. The number of hydrogen-bond acceptors (Lipinski definition) is 3. The van der Waals surface area contributed by atoms with Crippen LogP contribution < -0.4 is 0 Å². The molecule has 0 aromatic heterocycles. The first-order valence-corrected chi connectivity index (χ1v) is 6.20. The van der Waals surface area contributed by atoms with Gasteiger partial charge in [0.2, 0.25) is 0 Å². The van der Waals surface area contributed by atoms with Crippen LogP contribution in [-0.4, -0.2) is 24.1 Å². The molecule has 0 aliphatic carbocycles. The van der Waals surface area contributed by atoms with E-state index in [1.807, 2.05) is 6.92 Å². The van der Waals surface area contributed by atoms with Crippen LogP contribution in [0, 0.1) is 0 Å². The third kappa shape index (κ3) is 9.74. The fourth-order valence-electron chi connectivity index (χ4n) is 0.989. The molecule has 0 atom stereocenters. The fraction of sp³-hybridized carbons (Fsp3) is 0.900. The number of esters is 1. The Kier molecular flexibility index (Phi) is 9.77. The van der Waals surface area contributed by atoms with Crippen molar-refractivity contribution in [1.82, 2.24) is 0 Å². The highest BCUT2D eigenvalue weighted by Gasteiger charge is 2.00. The van der Waals surface area contributed by atoms with Gasteiger partial charge in [-0.05, 0) is 19.1 Å². The predicted molar refractivity (Wildman–Crippen MR) is 58.1 cm³/mol. The number of rotatable bonds is 8. The molecule has 0 saturated carbocycles. The van der Waals surface area contributed by atoms with Gasteiger partial charge in [-0.3, -0.25) is 4.79 Å². The van der Waals surface area contributed by atoms with E-state index < -0.39 is 0 Å². The summed E-state index contributed by atoms with van der Waals surface area (Å²) in [5.74, 6) is 1.52. The number of carbonyl (C=O) groups excluding carboxylic acids is 1. The van der Waals surface area contributed by atoms with Crippen molar-refractivity contribution in [2.45, 2.75) is 39.5 Å². The minimum Gasteiger partial charge on any atom is -0.465 e. The maximum atomic E-state index is 10.9. The number of hydrogen-bond donors (Lipinski definition) is 0. The van der Waals surface area contributed by atoms with Gasteiger partial charge in [0.25, 0.3) is 0 Å². The van der Waals surface area contributed by atoms with Crippen LogP contribution in [0.4, 0.5) is 0 Å². The molecule has 0 bridgehead atoms. The standard InChI is InChI=1S/C10H20O2S/c1-3-5-6-7-8-13-9-10(11)12-4-2/h3-9H2,1-2H3. The molecule has 78 valence electrons. The van der Waals surface area contributed by atoms with E-state index in [1.54, 1.807) is 11.8 Å². The van der Waals surface area contributed by atoms with Gasteiger partial charge in [-0.1, -0.05) is 26.2 Å². The smallest absolute Gasteiger partial charge is 0.315 e. The van der Waals surface area contributed by atoms with Gasteiger partial charge < -0.3 is 4.74 Å². The molecule has 13 heavy (non-hydrogen) atoms. The molecule has 0 amide bonds. The zero-order chi connectivity index (χ0) is 9.94. The van der Waals surface area contributed by atoms with Gasteiger partial charge in [-0.2, -0.15) is 11.8 Å². The van der Waals surface area contributed by atoms with Crippen molar-refractivity contribution in [3.63, 3.8) is 0 Å². The molecule has 0 rings (SSSR count). The molecule has 0 saturated heterocycles. The number of unbranched alkanes of at least 4 members (excludes halogenated alkanes) is 3. The topological polar surface area (TPSA) is 26.3 Å².